The van der Waals surface area contributed by atoms with Crippen LogP contribution in [0.15, 0.2) is 0 Å². The highest BCUT2D eigenvalue weighted by molar-refractivity contribution is 5.78. The largest absolute Gasteiger partial charge is 0.392 e. The standard InChI is InChI=1S/C14H27NO2/c1-9(2)12(16)14(4,5)8-15-13(17)10(3)11-6-7-11/h9-12,16H,6-8H2,1-5H3,(H,15,17). The topological polar surface area (TPSA) is 49.3 Å². The first kappa shape index (κ1) is 14.5. The van der Waals surface area contributed by atoms with E-state index < -0.39 is 0 Å². The van der Waals surface area contributed by atoms with Crippen LogP contribution in [0.4, 0.5) is 0 Å². The third kappa shape index (κ3) is 3.98. The van der Waals surface area contributed by atoms with Gasteiger partial charge in [0.2, 0.25) is 5.91 Å². The molecule has 0 bridgehead atoms. The molecule has 3 heteroatoms. The van der Waals surface area contributed by atoms with Gasteiger partial charge in [-0.15, -0.1) is 0 Å². The highest BCUT2D eigenvalue weighted by Crippen LogP contribution is 2.36. The van der Waals surface area contributed by atoms with Crippen LogP contribution < -0.4 is 5.32 Å². The van der Waals surface area contributed by atoms with Gasteiger partial charge >= 0.3 is 0 Å². The zero-order valence-corrected chi connectivity index (χ0v) is 11.8. The fraction of sp³-hybridized carbons (Fsp3) is 0.929. The molecular formula is C14H27NO2. The molecule has 0 aromatic rings. The maximum absolute atomic E-state index is 11.9. The fourth-order valence-corrected chi connectivity index (χ4v) is 2.29. The van der Waals surface area contributed by atoms with Crippen molar-refractivity contribution in [3.05, 3.63) is 0 Å². The lowest BCUT2D eigenvalue weighted by Crippen LogP contribution is -2.45. The summed E-state index contributed by atoms with van der Waals surface area (Å²) in [6.45, 7) is 10.5. The van der Waals surface area contributed by atoms with E-state index in [1.807, 2.05) is 34.6 Å². The summed E-state index contributed by atoms with van der Waals surface area (Å²) in [5.74, 6) is 1.06. The predicted octanol–water partition coefficient (Wildman–Crippen LogP) is 2.19. The minimum absolute atomic E-state index is 0.127. The molecule has 0 heterocycles. The Bertz CT molecular complexity index is 269. The zero-order chi connectivity index (χ0) is 13.2. The van der Waals surface area contributed by atoms with E-state index in [1.165, 1.54) is 12.8 Å². The molecule has 0 aliphatic heterocycles. The van der Waals surface area contributed by atoms with Gasteiger partial charge in [0.05, 0.1) is 6.10 Å². The molecule has 100 valence electrons. The van der Waals surface area contributed by atoms with Crippen LogP contribution in [0.3, 0.4) is 0 Å². The van der Waals surface area contributed by atoms with Crippen molar-refractivity contribution in [3.63, 3.8) is 0 Å². The number of amides is 1. The smallest absolute Gasteiger partial charge is 0.223 e. The second-order valence-corrected chi connectivity index (χ2v) is 6.52. The Balaban J connectivity index is 2.40. The first-order valence-electron chi connectivity index (χ1n) is 6.71. The molecule has 2 atom stereocenters. The average Bonchev–Trinajstić information content (AvgIpc) is 3.07. The van der Waals surface area contributed by atoms with Crippen LogP contribution in [0.25, 0.3) is 0 Å². The molecule has 0 aromatic carbocycles. The minimum atomic E-state index is -0.390. The molecule has 1 amide bonds. The van der Waals surface area contributed by atoms with Crippen LogP contribution in [0.2, 0.25) is 0 Å². The Labute approximate surface area is 105 Å². The summed E-state index contributed by atoms with van der Waals surface area (Å²) in [6.07, 6.45) is 1.98. The molecule has 2 N–H and O–H groups in total. The Hall–Kier alpha value is -0.570. The third-order valence-electron chi connectivity index (χ3n) is 3.89. The maximum atomic E-state index is 11.9. The lowest BCUT2D eigenvalue weighted by molar-refractivity contribution is -0.126. The normalized spacial score (nSPS) is 20.2. The Morgan fingerprint density at radius 2 is 1.88 bits per heavy atom. The molecule has 1 fully saturated rings. The van der Waals surface area contributed by atoms with Crippen LogP contribution >= 0.6 is 0 Å². The number of aliphatic hydroxyl groups is 1. The molecule has 1 aliphatic rings. The van der Waals surface area contributed by atoms with Gasteiger partial charge < -0.3 is 10.4 Å². The van der Waals surface area contributed by atoms with E-state index >= 15 is 0 Å². The van der Waals surface area contributed by atoms with Crippen molar-refractivity contribution < 1.29 is 9.90 Å². The first-order valence-corrected chi connectivity index (χ1v) is 6.71. The van der Waals surface area contributed by atoms with Gasteiger partial charge in [-0.25, -0.2) is 0 Å². The van der Waals surface area contributed by atoms with Crippen LogP contribution in [-0.4, -0.2) is 23.7 Å². The molecule has 1 rings (SSSR count). The molecule has 0 saturated heterocycles. The van der Waals surface area contributed by atoms with Gasteiger partial charge in [0.15, 0.2) is 0 Å². The Morgan fingerprint density at radius 3 is 2.29 bits per heavy atom. The van der Waals surface area contributed by atoms with Crippen molar-refractivity contribution in [2.45, 2.75) is 53.6 Å². The van der Waals surface area contributed by atoms with Gasteiger partial charge in [-0.05, 0) is 24.7 Å². The van der Waals surface area contributed by atoms with Crippen LogP contribution in [-0.2, 0) is 4.79 Å². The number of carbonyl (C=O) groups excluding carboxylic acids is 1. The number of hydrogen-bond acceptors (Lipinski definition) is 2. The SMILES string of the molecule is CC(C)C(O)C(C)(C)CNC(=O)C(C)C1CC1. The van der Waals surface area contributed by atoms with Gasteiger partial charge in [0.1, 0.15) is 0 Å². The molecule has 0 radical (unpaired) electrons. The summed E-state index contributed by atoms with van der Waals surface area (Å²) >= 11 is 0. The average molecular weight is 241 g/mol. The van der Waals surface area contributed by atoms with Gasteiger partial charge in [-0.3, -0.25) is 4.79 Å². The van der Waals surface area contributed by atoms with Crippen molar-refractivity contribution in [3.8, 4) is 0 Å². The Kier molecular flexibility index (Phi) is 4.59. The molecule has 1 saturated carbocycles. The van der Waals surface area contributed by atoms with Crippen molar-refractivity contribution in [1.82, 2.24) is 5.32 Å². The molecule has 0 aromatic heterocycles. The minimum Gasteiger partial charge on any atom is -0.392 e. The second kappa shape index (κ2) is 5.38. The Morgan fingerprint density at radius 1 is 1.35 bits per heavy atom. The van der Waals surface area contributed by atoms with E-state index in [9.17, 15) is 9.90 Å². The first-order chi connectivity index (χ1) is 7.75. The molecular weight excluding hydrogens is 214 g/mol. The van der Waals surface area contributed by atoms with Crippen molar-refractivity contribution in [2.75, 3.05) is 6.54 Å². The highest BCUT2D eigenvalue weighted by atomic mass is 16.3. The molecule has 1 aliphatic carbocycles. The van der Waals surface area contributed by atoms with Crippen molar-refractivity contribution in [1.29, 1.82) is 0 Å². The van der Waals surface area contributed by atoms with Gasteiger partial charge in [-0.2, -0.15) is 0 Å². The quantitative estimate of drug-likeness (QED) is 0.749. The number of carbonyl (C=O) groups is 1. The van der Waals surface area contributed by atoms with E-state index in [-0.39, 0.29) is 29.3 Å². The van der Waals surface area contributed by atoms with Gasteiger partial charge in [0, 0.05) is 17.9 Å². The second-order valence-electron chi connectivity index (χ2n) is 6.52. The van der Waals surface area contributed by atoms with Gasteiger partial charge in [0.25, 0.3) is 0 Å². The summed E-state index contributed by atoms with van der Waals surface area (Å²) in [6, 6.07) is 0. The summed E-state index contributed by atoms with van der Waals surface area (Å²) in [7, 11) is 0. The summed E-state index contributed by atoms with van der Waals surface area (Å²) in [5.41, 5.74) is -0.271. The van der Waals surface area contributed by atoms with Gasteiger partial charge in [-0.1, -0.05) is 34.6 Å². The number of hydrogen-bond donors (Lipinski definition) is 2. The van der Waals surface area contributed by atoms with Crippen molar-refractivity contribution in [2.24, 2.45) is 23.2 Å². The fourth-order valence-electron chi connectivity index (χ4n) is 2.29. The number of nitrogens with one attached hydrogen (secondary N) is 1. The van der Waals surface area contributed by atoms with E-state index in [0.717, 1.165) is 0 Å². The van der Waals surface area contributed by atoms with Crippen LogP contribution in [0.5, 0.6) is 0 Å². The van der Waals surface area contributed by atoms with E-state index in [1.54, 1.807) is 0 Å². The monoisotopic (exact) mass is 241 g/mol. The predicted molar refractivity (Wildman–Crippen MR) is 69.5 cm³/mol. The van der Waals surface area contributed by atoms with Crippen LogP contribution in [0.1, 0.15) is 47.5 Å². The summed E-state index contributed by atoms with van der Waals surface area (Å²) in [4.78, 5) is 11.9. The van der Waals surface area contributed by atoms with E-state index in [2.05, 4.69) is 5.32 Å². The molecule has 17 heavy (non-hydrogen) atoms. The molecule has 3 nitrogen and oxygen atoms in total. The van der Waals surface area contributed by atoms with Crippen molar-refractivity contribution >= 4 is 5.91 Å². The van der Waals surface area contributed by atoms with E-state index in [0.29, 0.717) is 12.5 Å². The summed E-state index contributed by atoms with van der Waals surface area (Å²) < 4.78 is 0. The van der Waals surface area contributed by atoms with E-state index in [4.69, 9.17) is 0 Å². The molecule has 0 spiro atoms. The number of aliphatic hydroxyl groups excluding tert-OH is 1. The molecule has 2 unspecified atom stereocenters. The lowest BCUT2D eigenvalue weighted by atomic mass is 9.80. The zero-order valence-electron chi connectivity index (χ0n) is 11.8. The third-order valence-corrected chi connectivity index (χ3v) is 3.89. The van der Waals surface area contributed by atoms with Crippen LogP contribution in [0, 0.1) is 23.2 Å². The number of rotatable bonds is 6. The summed E-state index contributed by atoms with van der Waals surface area (Å²) in [5, 5.41) is 13.1. The lowest BCUT2D eigenvalue weighted by Gasteiger charge is -2.33. The highest BCUT2D eigenvalue weighted by Gasteiger charge is 2.35. The maximum Gasteiger partial charge on any atom is 0.223 e.